The molecule has 0 bridgehead atoms. The number of aliphatic hydroxyl groups is 1. The van der Waals surface area contributed by atoms with Crippen LogP contribution in [0.1, 0.15) is 26.2 Å². The molecule has 1 aromatic heterocycles. The molecule has 0 radical (unpaired) electrons. The SMILES string of the molecule is COc1cc2ncnc(N3CCC(CC(C)O)CC3)c2cc1OC. The van der Waals surface area contributed by atoms with Crippen molar-refractivity contribution < 1.29 is 14.6 Å². The number of hydrogen-bond acceptors (Lipinski definition) is 6. The number of ether oxygens (including phenoxy) is 2. The summed E-state index contributed by atoms with van der Waals surface area (Å²) in [4.78, 5) is 11.2. The molecule has 130 valence electrons. The van der Waals surface area contributed by atoms with Crippen LogP contribution in [0.15, 0.2) is 18.5 Å². The zero-order valence-electron chi connectivity index (χ0n) is 14.5. The molecule has 1 unspecified atom stereocenters. The van der Waals surface area contributed by atoms with E-state index in [-0.39, 0.29) is 6.10 Å². The minimum Gasteiger partial charge on any atom is -0.493 e. The highest BCUT2D eigenvalue weighted by atomic mass is 16.5. The highest BCUT2D eigenvalue weighted by molar-refractivity contribution is 5.92. The van der Waals surface area contributed by atoms with Gasteiger partial charge in [0.05, 0.1) is 25.8 Å². The van der Waals surface area contributed by atoms with Crippen molar-refractivity contribution in [3.05, 3.63) is 18.5 Å². The summed E-state index contributed by atoms with van der Waals surface area (Å²) >= 11 is 0. The summed E-state index contributed by atoms with van der Waals surface area (Å²) in [5.41, 5.74) is 0.851. The Morgan fingerprint density at radius 3 is 2.46 bits per heavy atom. The van der Waals surface area contributed by atoms with Crippen LogP contribution in [0.3, 0.4) is 0 Å². The van der Waals surface area contributed by atoms with Crippen molar-refractivity contribution >= 4 is 16.7 Å². The first-order valence-corrected chi connectivity index (χ1v) is 8.42. The molecular formula is C18H25N3O3. The van der Waals surface area contributed by atoms with Crippen molar-refractivity contribution in [1.82, 2.24) is 9.97 Å². The fourth-order valence-electron chi connectivity index (χ4n) is 3.48. The second kappa shape index (κ2) is 7.21. The number of rotatable bonds is 5. The Balaban J connectivity index is 1.87. The largest absolute Gasteiger partial charge is 0.493 e. The molecular weight excluding hydrogens is 306 g/mol. The van der Waals surface area contributed by atoms with Crippen LogP contribution in [-0.4, -0.2) is 48.5 Å². The van der Waals surface area contributed by atoms with E-state index >= 15 is 0 Å². The van der Waals surface area contributed by atoms with E-state index in [2.05, 4.69) is 14.9 Å². The van der Waals surface area contributed by atoms with Crippen molar-refractivity contribution in [2.45, 2.75) is 32.3 Å². The number of fused-ring (bicyclic) bond motifs is 1. The Hall–Kier alpha value is -2.08. The maximum atomic E-state index is 9.58. The van der Waals surface area contributed by atoms with Gasteiger partial charge in [-0.2, -0.15) is 0 Å². The van der Waals surface area contributed by atoms with Gasteiger partial charge in [-0.05, 0) is 38.2 Å². The second-order valence-corrected chi connectivity index (χ2v) is 6.44. The molecule has 0 saturated carbocycles. The van der Waals surface area contributed by atoms with E-state index in [9.17, 15) is 5.11 Å². The van der Waals surface area contributed by atoms with Crippen LogP contribution in [-0.2, 0) is 0 Å². The van der Waals surface area contributed by atoms with Crippen molar-refractivity contribution in [3.63, 3.8) is 0 Å². The highest BCUT2D eigenvalue weighted by Crippen LogP contribution is 2.36. The molecule has 0 spiro atoms. The average Bonchev–Trinajstić information content (AvgIpc) is 2.60. The van der Waals surface area contributed by atoms with Gasteiger partial charge in [0, 0.05) is 24.5 Å². The lowest BCUT2D eigenvalue weighted by molar-refractivity contribution is 0.151. The van der Waals surface area contributed by atoms with E-state index in [1.54, 1.807) is 20.5 Å². The van der Waals surface area contributed by atoms with Crippen molar-refractivity contribution in [3.8, 4) is 11.5 Å². The number of hydrogen-bond donors (Lipinski definition) is 1. The molecule has 2 aromatic rings. The predicted octanol–water partition coefficient (Wildman–Crippen LogP) is 2.63. The molecule has 24 heavy (non-hydrogen) atoms. The molecule has 1 fully saturated rings. The number of methoxy groups -OCH3 is 2. The number of aliphatic hydroxyl groups excluding tert-OH is 1. The van der Waals surface area contributed by atoms with Crippen molar-refractivity contribution in [2.75, 3.05) is 32.2 Å². The number of nitrogens with zero attached hydrogens (tertiary/aromatic N) is 3. The van der Waals surface area contributed by atoms with Gasteiger partial charge < -0.3 is 19.5 Å². The molecule has 6 heteroatoms. The molecule has 1 aliphatic heterocycles. The van der Waals surface area contributed by atoms with Gasteiger partial charge in [-0.25, -0.2) is 9.97 Å². The Kier molecular flexibility index (Phi) is 5.04. The summed E-state index contributed by atoms with van der Waals surface area (Å²) in [6, 6.07) is 3.84. The van der Waals surface area contributed by atoms with Gasteiger partial charge in [-0.1, -0.05) is 0 Å². The van der Waals surface area contributed by atoms with Crippen LogP contribution in [0.5, 0.6) is 11.5 Å². The van der Waals surface area contributed by atoms with E-state index in [0.29, 0.717) is 17.4 Å². The van der Waals surface area contributed by atoms with Gasteiger partial charge in [0.1, 0.15) is 12.1 Å². The summed E-state index contributed by atoms with van der Waals surface area (Å²) in [6.07, 6.45) is 4.40. The molecule has 3 rings (SSSR count). The maximum Gasteiger partial charge on any atom is 0.162 e. The van der Waals surface area contributed by atoms with E-state index in [1.807, 2.05) is 19.1 Å². The monoisotopic (exact) mass is 331 g/mol. The average molecular weight is 331 g/mol. The minimum atomic E-state index is -0.224. The third kappa shape index (κ3) is 3.38. The van der Waals surface area contributed by atoms with Crippen LogP contribution < -0.4 is 14.4 Å². The zero-order valence-corrected chi connectivity index (χ0v) is 14.5. The van der Waals surface area contributed by atoms with Gasteiger partial charge in [0.2, 0.25) is 0 Å². The van der Waals surface area contributed by atoms with Crippen LogP contribution >= 0.6 is 0 Å². The summed E-state index contributed by atoms with van der Waals surface area (Å²) in [5, 5.41) is 10.6. The highest BCUT2D eigenvalue weighted by Gasteiger charge is 2.23. The normalized spacial score (nSPS) is 17.1. The lowest BCUT2D eigenvalue weighted by Crippen LogP contribution is -2.35. The summed E-state index contributed by atoms with van der Waals surface area (Å²) in [5.74, 6) is 2.88. The molecule has 1 saturated heterocycles. The lowest BCUT2D eigenvalue weighted by Gasteiger charge is -2.33. The number of benzene rings is 1. The van der Waals surface area contributed by atoms with E-state index < -0.39 is 0 Å². The first-order chi connectivity index (χ1) is 11.6. The lowest BCUT2D eigenvalue weighted by atomic mass is 9.91. The van der Waals surface area contributed by atoms with E-state index in [4.69, 9.17) is 9.47 Å². The molecule has 1 aliphatic rings. The fraction of sp³-hybridized carbons (Fsp3) is 0.556. The van der Waals surface area contributed by atoms with E-state index in [0.717, 1.165) is 49.1 Å². The molecule has 0 amide bonds. The molecule has 6 nitrogen and oxygen atoms in total. The van der Waals surface area contributed by atoms with Gasteiger partial charge >= 0.3 is 0 Å². The first kappa shape index (κ1) is 16.8. The zero-order chi connectivity index (χ0) is 17.1. The molecule has 0 aliphatic carbocycles. The van der Waals surface area contributed by atoms with Crippen molar-refractivity contribution in [1.29, 1.82) is 0 Å². The summed E-state index contributed by atoms with van der Waals surface area (Å²) in [7, 11) is 3.26. The maximum absolute atomic E-state index is 9.58. The van der Waals surface area contributed by atoms with Gasteiger partial charge in [-0.15, -0.1) is 0 Å². The first-order valence-electron chi connectivity index (χ1n) is 8.42. The Morgan fingerprint density at radius 1 is 1.17 bits per heavy atom. The van der Waals surface area contributed by atoms with Crippen LogP contribution in [0.4, 0.5) is 5.82 Å². The third-order valence-corrected chi connectivity index (χ3v) is 4.71. The van der Waals surface area contributed by atoms with Gasteiger partial charge in [0.25, 0.3) is 0 Å². The van der Waals surface area contributed by atoms with Crippen LogP contribution in [0.25, 0.3) is 10.9 Å². The quantitative estimate of drug-likeness (QED) is 0.908. The number of anilines is 1. The van der Waals surface area contributed by atoms with Crippen LogP contribution in [0.2, 0.25) is 0 Å². The van der Waals surface area contributed by atoms with E-state index in [1.165, 1.54) is 0 Å². The Morgan fingerprint density at radius 2 is 1.83 bits per heavy atom. The molecule has 2 heterocycles. The summed E-state index contributed by atoms with van der Waals surface area (Å²) < 4.78 is 10.8. The van der Waals surface area contributed by atoms with Gasteiger partial charge in [-0.3, -0.25) is 0 Å². The summed E-state index contributed by atoms with van der Waals surface area (Å²) in [6.45, 7) is 3.75. The van der Waals surface area contributed by atoms with Crippen LogP contribution in [0, 0.1) is 5.92 Å². The fourth-order valence-corrected chi connectivity index (χ4v) is 3.48. The standard InChI is InChI=1S/C18H25N3O3/c1-12(22)8-13-4-6-21(7-5-13)18-14-9-16(23-2)17(24-3)10-15(14)19-11-20-18/h9-13,22H,4-8H2,1-3H3. The Bertz CT molecular complexity index is 697. The third-order valence-electron chi connectivity index (χ3n) is 4.71. The minimum absolute atomic E-state index is 0.224. The topological polar surface area (TPSA) is 67.7 Å². The molecule has 1 aromatic carbocycles. The second-order valence-electron chi connectivity index (χ2n) is 6.44. The Labute approximate surface area is 142 Å². The molecule has 1 atom stereocenters. The van der Waals surface area contributed by atoms with Crippen molar-refractivity contribution in [2.24, 2.45) is 5.92 Å². The van der Waals surface area contributed by atoms with Gasteiger partial charge in [0.15, 0.2) is 11.5 Å². The predicted molar refractivity (Wildman–Crippen MR) is 93.9 cm³/mol. The smallest absolute Gasteiger partial charge is 0.162 e. The number of piperidine rings is 1. The number of aromatic nitrogens is 2. The molecule has 1 N–H and O–H groups in total.